The number of nitrogens with zero attached hydrogens (tertiary/aromatic N) is 1. The number of anilines is 2. The van der Waals surface area contributed by atoms with Gasteiger partial charge in [0.15, 0.2) is 11.6 Å². The lowest BCUT2D eigenvalue weighted by Gasteiger charge is -2.24. The largest absolute Gasteiger partial charge is 0.383 e. The number of rotatable bonds is 7. The molecule has 4 rings (SSSR count). The van der Waals surface area contributed by atoms with Gasteiger partial charge in [0.1, 0.15) is 0 Å². The highest BCUT2D eigenvalue weighted by atomic mass is 16.6. The normalized spacial score (nSPS) is 17.5. The van der Waals surface area contributed by atoms with E-state index in [1.54, 1.807) is 24.3 Å². The summed E-state index contributed by atoms with van der Waals surface area (Å²) in [5, 5.41) is 6.61. The Balaban J connectivity index is 1.75. The average Bonchev–Trinajstić information content (AvgIpc) is 3.49. The van der Waals surface area contributed by atoms with E-state index in [0.29, 0.717) is 46.7 Å². The van der Waals surface area contributed by atoms with Gasteiger partial charge in [0.2, 0.25) is 0 Å². The van der Waals surface area contributed by atoms with Crippen LogP contribution in [-0.4, -0.2) is 62.9 Å². The minimum Gasteiger partial charge on any atom is -0.383 e. The summed E-state index contributed by atoms with van der Waals surface area (Å²) in [5.74, 6) is -0.227. The molecule has 6 nitrogen and oxygen atoms in total. The molecular weight excluding hydrogens is 342 g/mol. The Bertz CT molecular complexity index is 904. The maximum Gasteiger partial charge on any atom is 0.196 e. The van der Waals surface area contributed by atoms with Crippen molar-refractivity contribution in [1.82, 2.24) is 4.90 Å². The van der Waals surface area contributed by atoms with E-state index in [1.165, 1.54) is 0 Å². The summed E-state index contributed by atoms with van der Waals surface area (Å²) in [7, 11) is 3.99. The Kier molecular flexibility index (Phi) is 4.68. The lowest BCUT2D eigenvalue weighted by Crippen LogP contribution is -2.26. The smallest absolute Gasteiger partial charge is 0.196 e. The van der Waals surface area contributed by atoms with Gasteiger partial charge in [-0.2, -0.15) is 0 Å². The molecule has 2 aromatic rings. The third kappa shape index (κ3) is 3.46. The van der Waals surface area contributed by atoms with Crippen LogP contribution in [0.25, 0.3) is 0 Å². The van der Waals surface area contributed by atoms with E-state index >= 15 is 0 Å². The second-order valence-electron chi connectivity index (χ2n) is 7.18. The molecule has 2 aliphatic rings. The van der Waals surface area contributed by atoms with Crippen molar-refractivity contribution in [2.45, 2.75) is 6.10 Å². The third-order valence-electron chi connectivity index (χ3n) is 4.87. The van der Waals surface area contributed by atoms with Crippen molar-refractivity contribution in [3.05, 3.63) is 58.7 Å². The minimum atomic E-state index is -0.115. The first kappa shape index (κ1) is 17.7. The zero-order valence-electron chi connectivity index (χ0n) is 15.5. The SMILES string of the molecule is CN(C)CCNc1ccc(NCC2CO2)c2c1C(=O)c1ccccc1C2=O. The zero-order valence-corrected chi connectivity index (χ0v) is 15.5. The first-order chi connectivity index (χ1) is 13.1. The van der Waals surface area contributed by atoms with Gasteiger partial charge in [-0.05, 0) is 26.2 Å². The number of fused-ring (bicyclic) bond motifs is 2. The third-order valence-corrected chi connectivity index (χ3v) is 4.87. The monoisotopic (exact) mass is 365 g/mol. The molecule has 0 amide bonds. The summed E-state index contributed by atoms with van der Waals surface area (Å²) >= 11 is 0. The van der Waals surface area contributed by atoms with Crippen LogP contribution in [0.15, 0.2) is 36.4 Å². The summed E-state index contributed by atoms with van der Waals surface area (Å²) in [6.45, 7) is 2.87. The Morgan fingerprint density at radius 3 is 2.04 bits per heavy atom. The Hall–Kier alpha value is -2.70. The summed E-state index contributed by atoms with van der Waals surface area (Å²) < 4.78 is 5.25. The first-order valence-electron chi connectivity index (χ1n) is 9.15. The minimum absolute atomic E-state index is 0.112. The molecule has 2 aromatic carbocycles. The van der Waals surface area contributed by atoms with Crippen LogP contribution < -0.4 is 10.6 Å². The molecule has 1 unspecified atom stereocenters. The first-order valence-corrected chi connectivity index (χ1v) is 9.15. The van der Waals surface area contributed by atoms with Crippen LogP contribution in [0.3, 0.4) is 0 Å². The number of likely N-dealkylation sites (N-methyl/N-ethyl adjacent to an activating group) is 1. The van der Waals surface area contributed by atoms with Crippen LogP contribution in [0.5, 0.6) is 0 Å². The van der Waals surface area contributed by atoms with Crippen molar-refractivity contribution in [3.8, 4) is 0 Å². The predicted octanol–water partition coefficient (Wildman–Crippen LogP) is 2.25. The number of carbonyl (C=O) groups excluding carboxylic acids is 2. The maximum absolute atomic E-state index is 13.2. The van der Waals surface area contributed by atoms with Gasteiger partial charge in [0, 0.05) is 42.1 Å². The van der Waals surface area contributed by atoms with E-state index in [0.717, 1.165) is 13.2 Å². The van der Waals surface area contributed by atoms with Crippen LogP contribution >= 0.6 is 0 Å². The van der Waals surface area contributed by atoms with Crippen LogP contribution in [0.4, 0.5) is 11.4 Å². The molecule has 1 aliphatic heterocycles. The van der Waals surface area contributed by atoms with Crippen molar-refractivity contribution in [2.24, 2.45) is 0 Å². The molecule has 2 N–H and O–H groups in total. The van der Waals surface area contributed by atoms with Crippen LogP contribution in [0, 0.1) is 0 Å². The van der Waals surface area contributed by atoms with Gasteiger partial charge in [0.25, 0.3) is 0 Å². The number of ether oxygens (including phenoxy) is 1. The molecular formula is C21H23N3O3. The van der Waals surface area contributed by atoms with Crippen molar-refractivity contribution in [2.75, 3.05) is 51.0 Å². The molecule has 0 radical (unpaired) electrons. The van der Waals surface area contributed by atoms with Gasteiger partial charge in [-0.25, -0.2) is 0 Å². The highest BCUT2D eigenvalue weighted by Gasteiger charge is 2.34. The highest BCUT2D eigenvalue weighted by Crippen LogP contribution is 2.36. The van der Waals surface area contributed by atoms with E-state index in [-0.39, 0.29) is 17.7 Å². The quantitative estimate of drug-likeness (QED) is 0.626. The van der Waals surface area contributed by atoms with Gasteiger partial charge in [-0.3, -0.25) is 9.59 Å². The number of hydrogen-bond donors (Lipinski definition) is 2. The van der Waals surface area contributed by atoms with E-state index in [4.69, 9.17) is 4.74 Å². The molecule has 0 saturated carbocycles. The summed E-state index contributed by atoms with van der Waals surface area (Å²) in [6, 6.07) is 10.8. The lowest BCUT2D eigenvalue weighted by molar-refractivity contribution is 0.0980. The zero-order chi connectivity index (χ0) is 19.0. The molecule has 1 fully saturated rings. The summed E-state index contributed by atoms with van der Waals surface area (Å²) in [5.41, 5.74) is 3.23. The van der Waals surface area contributed by atoms with Gasteiger partial charge >= 0.3 is 0 Å². The Morgan fingerprint density at radius 2 is 1.52 bits per heavy atom. The van der Waals surface area contributed by atoms with Crippen molar-refractivity contribution in [1.29, 1.82) is 0 Å². The second-order valence-corrected chi connectivity index (χ2v) is 7.18. The Labute approximate surface area is 158 Å². The molecule has 1 heterocycles. The van der Waals surface area contributed by atoms with Gasteiger partial charge in [-0.1, -0.05) is 24.3 Å². The molecule has 0 aromatic heterocycles. The van der Waals surface area contributed by atoms with E-state index in [2.05, 4.69) is 15.5 Å². The van der Waals surface area contributed by atoms with E-state index < -0.39 is 0 Å². The number of benzene rings is 2. The molecule has 6 heteroatoms. The van der Waals surface area contributed by atoms with Crippen LogP contribution in [0.2, 0.25) is 0 Å². The number of hydrogen-bond acceptors (Lipinski definition) is 6. The molecule has 0 spiro atoms. The van der Waals surface area contributed by atoms with Crippen molar-refractivity contribution < 1.29 is 14.3 Å². The highest BCUT2D eigenvalue weighted by molar-refractivity contribution is 6.31. The standard InChI is InChI=1S/C21H23N3O3/c1-24(2)10-9-22-16-7-8-17(23-11-13-12-27-13)19-18(16)20(25)14-5-3-4-6-15(14)21(19)26/h3-8,13,22-23H,9-12H2,1-2H3. The van der Waals surface area contributed by atoms with Gasteiger partial charge < -0.3 is 20.3 Å². The van der Waals surface area contributed by atoms with Gasteiger partial charge in [0.05, 0.1) is 23.8 Å². The van der Waals surface area contributed by atoms with Crippen molar-refractivity contribution in [3.63, 3.8) is 0 Å². The summed E-state index contributed by atoms with van der Waals surface area (Å²) in [6.07, 6.45) is 0.181. The second kappa shape index (κ2) is 7.13. The average molecular weight is 365 g/mol. The number of nitrogens with one attached hydrogen (secondary N) is 2. The fourth-order valence-corrected chi connectivity index (χ4v) is 3.34. The Morgan fingerprint density at radius 1 is 0.963 bits per heavy atom. The number of epoxide rings is 1. The van der Waals surface area contributed by atoms with Crippen LogP contribution in [-0.2, 0) is 4.74 Å². The molecule has 140 valence electrons. The molecule has 1 saturated heterocycles. The summed E-state index contributed by atoms with van der Waals surface area (Å²) in [4.78, 5) is 28.5. The van der Waals surface area contributed by atoms with E-state index in [9.17, 15) is 9.59 Å². The van der Waals surface area contributed by atoms with Gasteiger partial charge in [-0.15, -0.1) is 0 Å². The fourth-order valence-electron chi connectivity index (χ4n) is 3.34. The molecule has 1 aliphatic carbocycles. The lowest BCUT2D eigenvalue weighted by atomic mass is 9.82. The van der Waals surface area contributed by atoms with Crippen molar-refractivity contribution >= 4 is 22.9 Å². The van der Waals surface area contributed by atoms with E-state index in [1.807, 2.05) is 26.2 Å². The maximum atomic E-state index is 13.2. The topological polar surface area (TPSA) is 74.0 Å². The number of ketones is 2. The molecule has 0 bridgehead atoms. The molecule has 27 heavy (non-hydrogen) atoms. The molecule has 1 atom stereocenters. The fraction of sp³-hybridized carbons (Fsp3) is 0.333. The number of carbonyl (C=O) groups is 2. The van der Waals surface area contributed by atoms with Crippen LogP contribution in [0.1, 0.15) is 31.8 Å². The predicted molar refractivity (Wildman–Crippen MR) is 105 cm³/mol.